The van der Waals surface area contributed by atoms with Gasteiger partial charge in [0.05, 0.1) is 27.8 Å². The number of anilines is 2. The van der Waals surface area contributed by atoms with Crippen LogP contribution in [-0.4, -0.2) is 65.5 Å². The van der Waals surface area contributed by atoms with Gasteiger partial charge in [-0.1, -0.05) is 0 Å². The molecular weight excluding hydrogens is 445 g/mol. The van der Waals surface area contributed by atoms with Crippen molar-refractivity contribution < 1.29 is 17.6 Å². The second-order valence-corrected chi connectivity index (χ2v) is 10.0. The van der Waals surface area contributed by atoms with Gasteiger partial charge < -0.3 is 14.7 Å². The van der Waals surface area contributed by atoms with Crippen molar-refractivity contribution in [1.29, 1.82) is 5.26 Å². The molecule has 2 fully saturated rings. The Balaban J connectivity index is 1.56. The number of nitrogens with zero attached hydrogens (tertiary/aromatic N) is 4. The van der Waals surface area contributed by atoms with E-state index in [-0.39, 0.29) is 16.4 Å². The highest BCUT2D eigenvalue weighted by Crippen LogP contribution is 2.29. The van der Waals surface area contributed by atoms with Crippen molar-refractivity contribution in [2.75, 3.05) is 56.1 Å². The number of rotatable bonds is 5. The Morgan fingerprint density at radius 1 is 0.970 bits per heavy atom. The van der Waals surface area contributed by atoms with E-state index in [1.807, 2.05) is 11.0 Å². The van der Waals surface area contributed by atoms with Gasteiger partial charge in [-0.05, 0) is 56.3 Å². The molecule has 2 aliphatic rings. The second kappa shape index (κ2) is 9.37. The van der Waals surface area contributed by atoms with Gasteiger partial charge in [-0.2, -0.15) is 5.26 Å². The molecule has 2 heterocycles. The molecule has 0 aromatic heterocycles. The predicted molar refractivity (Wildman–Crippen MR) is 123 cm³/mol. The van der Waals surface area contributed by atoms with E-state index in [1.54, 1.807) is 23.1 Å². The third-order valence-electron chi connectivity index (χ3n) is 6.21. The molecule has 0 aliphatic carbocycles. The lowest BCUT2D eigenvalue weighted by molar-refractivity contribution is 0.0747. The average molecular weight is 472 g/mol. The summed E-state index contributed by atoms with van der Waals surface area (Å²) in [6, 6.07) is 11.0. The molecule has 8 nitrogen and oxygen atoms in total. The number of halogens is 1. The summed E-state index contributed by atoms with van der Waals surface area (Å²) in [5.74, 6) is -0.694. The van der Waals surface area contributed by atoms with Gasteiger partial charge >= 0.3 is 0 Å². The maximum atomic E-state index is 14.4. The Morgan fingerprint density at radius 3 is 2.21 bits per heavy atom. The summed E-state index contributed by atoms with van der Waals surface area (Å²) in [5.41, 5.74) is 1.77. The molecular formula is C23H26FN5O3S. The summed E-state index contributed by atoms with van der Waals surface area (Å²) < 4.78 is 41.4. The monoisotopic (exact) mass is 471 g/mol. The molecule has 0 saturated carbocycles. The molecule has 0 atom stereocenters. The van der Waals surface area contributed by atoms with Gasteiger partial charge in [0.1, 0.15) is 5.82 Å². The highest BCUT2D eigenvalue weighted by molar-refractivity contribution is 7.89. The number of carbonyl (C=O) groups excluding carboxylic acids is 1. The molecule has 2 saturated heterocycles. The molecule has 174 valence electrons. The van der Waals surface area contributed by atoms with Gasteiger partial charge in [-0.15, -0.1) is 0 Å². The maximum absolute atomic E-state index is 14.4. The van der Waals surface area contributed by atoms with E-state index in [0.717, 1.165) is 31.6 Å². The molecule has 1 amide bonds. The first-order chi connectivity index (χ1) is 15.8. The summed E-state index contributed by atoms with van der Waals surface area (Å²) in [6.07, 6.45) is 2.05. The molecule has 10 heteroatoms. The number of carbonyl (C=O) groups is 1. The van der Waals surface area contributed by atoms with Crippen LogP contribution in [0, 0.1) is 17.1 Å². The van der Waals surface area contributed by atoms with E-state index < -0.39 is 15.8 Å². The van der Waals surface area contributed by atoms with Crippen LogP contribution in [0.4, 0.5) is 15.8 Å². The van der Waals surface area contributed by atoms with Gasteiger partial charge in [-0.3, -0.25) is 4.79 Å². The highest BCUT2D eigenvalue weighted by Gasteiger charge is 2.28. The van der Waals surface area contributed by atoms with Crippen LogP contribution in [0.5, 0.6) is 0 Å². The molecule has 2 aliphatic heterocycles. The van der Waals surface area contributed by atoms with Crippen molar-refractivity contribution in [1.82, 2.24) is 9.62 Å². The van der Waals surface area contributed by atoms with Crippen LogP contribution in [0.3, 0.4) is 0 Å². The topological polar surface area (TPSA) is 96.8 Å². The number of hydrogen-bond acceptors (Lipinski definition) is 6. The largest absolute Gasteiger partial charge is 0.371 e. The molecule has 2 aromatic carbocycles. The number of amides is 1. The zero-order valence-electron chi connectivity index (χ0n) is 18.4. The van der Waals surface area contributed by atoms with Crippen LogP contribution < -0.4 is 14.5 Å². The zero-order valence-corrected chi connectivity index (χ0v) is 19.2. The SMILES string of the molecule is CNS(=O)(=O)c1ccc(N2CCCC2)c(C(=O)N2CCN(c3ccc(C#N)cc3F)CC2)c1. The number of nitrogens with one attached hydrogen (secondary N) is 1. The number of nitriles is 1. The highest BCUT2D eigenvalue weighted by atomic mass is 32.2. The Hall–Kier alpha value is -3.16. The Labute approximate surface area is 193 Å². The fraction of sp³-hybridized carbons (Fsp3) is 0.391. The Bertz CT molecular complexity index is 1200. The van der Waals surface area contributed by atoms with Crippen molar-refractivity contribution in [2.24, 2.45) is 0 Å². The summed E-state index contributed by atoms with van der Waals surface area (Å²) in [5, 5.41) is 8.93. The van der Waals surface area contributed by atoms with Crippen LogP contribution in [0.15, 0.2) is 41.3 Å². The minimum absolute atomic E-state index is 0.0505. The molecule has 0 spiro atoms. The summed E-state index contributed by atoms with van der Waals surface area (Å²) >= 11 is 0. The molecule has 0 unspecified atom stereocenters. The van der Waals surface area contributed by atoms with E-state index in [1.165, 1.54) is 25.2 Å². The van der Waals surface area contributed by atoms with E-state index in [9.17, 15) is 17.6 Å². The quantitative estimate of drug-likeness (QED) is 0.718. The molecule has 0 radical (unpaired) electrons. The lowest BCUT2D eigenvalue weighted by atomic mass is 10.1. The normalized spacial score (nSPS) is 16.7. The molecule has 33 heavy (non-hydrogen) atoms. The molecule has 4 rings (SSSR count). The van der Waals surface area contributed by atoms with Gasteiger partial charge in [-0.25, -0.2) is 17.5 Å². The van der Waals surface area contributed by atoms with Crippen molar-refractivity contribution in [2.45, 2.75) is 17.7 Å². The first kappa shape index (κ1) is 23.0. The number of piperazine rings is 1. The zero-order chi connectivity index (χ0) is 23.6. The lowest BCUT2D eigenvalue weighted by Crippen LogP contribution is -2.49. The van der Waals surface area contributed by atoms with Gasteiger partial charge in [0, 0.05) is 45.0 Å². The van der Waals surface area contributed by atoms with Crippen LogP contribution in [-0.2, 0) is 10.0 Å². The molecule has 2 aromatic rings. The fourth-order valence-electron chi connectivity index (χ4n) is 4.36. The van der Waals surface area contributed by atoms with E-state index in [4.69, 9.17) is 5.26 Å². The smallest absolute Gasteiger partial charge is 0.256 e. The Kier molecular flexibility index (Phi) is 6.54. The summed E-state index contributed by atoms with van der Waals surface area (Å²) in [7, 11) is -2.35. The number of benzene rings is 2. The van der Waals surface area contributed by atoms with Crippen LogP contribution >= 0.6 is 0 Å². The van der Waals surface area contributed by atoms with Crippen molar-refractivity contribution in [3.8, 4) is 6.07 Å². The van der Waals surface area contributed by atoms with Crippen molar-refractivity contribution in [3.05, 3.63) is 53.3 Å². The minimum Gasteiger partial charge on any atom is -0.371 e. The average Bonchev–Trinajstić information content (AvgIpc) is 3.38. The van der Waals surface area contributed by atoms with Crippen LogP contribution in [0.2, 0.25) is 0 Å². The third kappa shape index (κ3) is 4.65. The first-order valence-electron chi connectivity index (χ1n) is 10.9. The van der Waals surface area contributed by atoms with E-state index in [2.05, 4.69) is 9.62 Å². The molecule has 1 N–H and O–H groups in total. The van der Waals surface area contributed by atoms with Crippen molar-refractivity contribution in [3.63, 3.8) is 0 Å². The predicted octanol–water partition coefficient (Wildman–Crippen LogP) is 2.17. The van der Waals surface area contributed by atoms with Gasteiger partial charge in [0.2, 0.25) is 10.0 Å². The first-order valence-corrected chi connectivity index (χ1v) is 12.4. The van der Waals surface area contributed by atoms with Gasteiger partial charge in [0.15, 0.2) is 0 Å². The van der Waals surface area contributed by atoms with Crippen LogP contribution in [0.25, 0.3) is 0 Å². The lowest BCUT2D eigenvalue weighted by Gasteiger charge is -2.37. The fourth-order valence-corrected chi connectivity index (χ4v) is 5.11. The van der Waals surface area contributed by atoms with E-state index in [0.29, 0.717) is 37.4 Å². The van der Waals surface area contributed by atoms with Crippen LogP contribution in [0.1, 0.15) is 28.8 Å². The van der Waals surface area contributed by atoms with E-state index >= 15 is 0 Å². The second-order valence-electron chi connectivity index (χ2n) is 8.14. The standard InChI is InChI=1S/C23H26FN5O3S/c1-26-33(31,32)18-5-7-21(27-8-2-3-9-27)19(15-18)23(30)29-12-10-28(11-13-29)22-6-4-17(16-25)14-20(22)24/h4-7,14-15,26H,2-3,8-13H2,1H3. The maximum Gasteiger partial charge on any atom is 0.256 e. The Morgan fingerprint density at radius 2 is 1.61 bits per heavy atom. The number of hydrogen-bond donors (Lipinski definition) is 1. The minimum atomic E-state index is -3.69. The summed E-state index contributed by atoms with van der Waals surface area (Å²) in [6.45, 7) is 3.26. The third-order valence-corrected chi connectivity index (χ3v) is 7.62. The summed E-state index contributed by atoms with van der Waals surface area (Å²) in [4.78, 5) is 19.2. The van der Waals surface area contributed by atoms with Gasteiger partial charge in [0.25, 0.3) is 5.91 Å². The van der Waals surface area contributed by atoms with Crippen molar-refractivity contribution >= 4 is 27.3 Å². The molecule has 0 bridgehead atoms. The number of sulfonamides is 1.